The number of ether oxygens (including phenoxy) is 1. The van der Waals surface area contributed by atoms with Gasteiger partial charge in [-0.25, -0.2) is 14.6 Å². The largest absolute Gasteiger partial charge is 0.465 e. The van der Waals surface area contributed by atoms with Crippen LogP contribution >= 0.6 is 11.3 Å². The first-order chi connectivity index (χ1) is 16.8. The molecule has 0 aliphatic carbocycles. The number of methoxy groups -OCH3 is 1. The Balaban J connectivity index is 1.44. The molecule has 4 amide bonds. The Kier molecular flexibility index (Phi) is 7.20. The molecule has 186 valence electrons. The summed E-state index contributed by atoms with van der Waals surface area (Å²) in [5.74, 6) is -1.06. The smallest absolute Gasteiger partial charge is 0.338 e. The molecule has 1 atom stereocenters. The van der Waals surface area contributed by atoms with Crippen LogP contribution in [0.2, 0.25) is 0 Å². The van der Waals surface area contributed by atoms with E-state index in [1.807, 2.05) is 13.8 Å². The maximum Gasteiger partial charge on any atom is 0.338 e. The molecule has 2 aromatic rings. The lowest BCUT2D eigenvalue weighted by atomic mass is 9.75. The van der Waals surface area contributed by atoms with Crippen molar-refractivity contribution in [1.82, 2.24) is 20.1 Å². The zero-order valence-corrected chi connectivity index (χ0v) is 21.0. The molecule has 2 fully saturated rings. The van der Waals surface area contributed by atoms with Gasteiger partial charge >= 0.3 is 12.0 Å². The van der Waals surface area contributed by atoms with E-state index >= 15 is 0 Å². The van der Waals surface area contributed by atoms with E-state index in [0.29, 0.717) is 50.9 Å². The fourth-order valence-electron chi connectivity index (χ4n) is 5.14. The first-order valence-corrected chi connectivity index (χ1v) is 12.7. The topological polar surface area (TPSA) is 109 Å². The second-order valence-electron chi connectivity index (χ2n) is 8.93. The maximum atomic E-state index is 13.5. The molecule has 0 bridgehead atoms. The number of hydrogen-bond acceptors (Lipinski definition) is 7. The lowest BCUT2D eigenvalue weighted by molar-refractivity contribution is -0.134. The summed E-state index contributed by atoms with van der Waals surface area (Å²) in [6, 6.07) is 6.25. The van der Waals surface area contributed by atoms with E-state index in [1.54, 1.807) is 34.7 Å². The molecule has 0 saturated carbocycles. The summed E-state index contributed by atoms with van der Waals surface area (Å²) in [5.41, 5.74) is 2.27. The van der Waals surface area contributed by atoms with Crippen LogP contribution in [0.25, 0.3) is 0 Å². The van der Waals surface area contributed by atoms with Crippen molar-refractivity contribution in [1.29, 1.82) is 0 Å². The molecule has 2 aliphatic heterocycles. The number of hydrogen-bond donors (Lipinski definition) is 1. The molecule has 1 aromatic carbocycles. The zero-order chi connectivity index (χ0) is 25.2. The minimum Gasteiger partial charge on any atom is -0.465 e. The summed E-state index contributed by atoms with van der Waals surface area (Å²) < 4.78 is 4.81. The predicted molar refractivity (Wildman–Crippen MR) is 130 cm³/mol. The number of carbonyl (C=O) groups is 4. The molecule has 2 aliphatic rings. The van der Waals surface area contributed by atoms with Crippen LogP contribution in [-0.2, 0) is 16.0 Å². The summed E-state index contributed by atoms with van der Waals surface area (Å²) in [6.07, 6.45) is 2.22. The van der Waals surface area contributed by atoms with E-state index in [-0.39, 0.29) is 29.3 Å². The number of aromatic nitrogens is 1. The molecule has 0 unspecified atom stereocenters. The molecule has 4 rings (SSSR count). The molecule has 10 heteroatoms. The quantitative estimate of drug-likeness (QED) is 0.464. The Morgan fingerprint density at radius 1 is 1.20 bits per heavy atom. The van der Waals surface area contributed by atoms with Crippen molar-refractivity contribution in [3.8, 4) is 0 Å². The highest BCUT2D eigenvalue weighted by Crippen LogP contribution is 2.36. The molecular weight excluding hydrogens is 468 g/mol. The van der Waals surface area contributed by atoms with Gasteiger partial charge in [0, 0.05) is 30.9 Å². The van der Waals surface area contributed by atoms with Crippen LogP contribution in [0.15, 0.2) is 29.8 Å². The number of likely N-dealkylation sites (tertiary alicyclic amines) is 1. The highest BCUT2D eigenvalue weighted by Gasteiger charge is 2.54. The average molecular weight is 499 g/mol. The molecule has 35 heavy (non-hydrogen) atoms. The summed E-state index contributed by atoms with van der Waals surface area (Å²) in [5, 5.41) is 3.00. The van der Waals surface area contributed by atoms with Crippen LogP contribution < -0.4 is 5.32 Å². The van der Waals surface area contributed by atoms with Crippen LogP contribution in [0.5, 0.6) is 0 Å². The van der Waals surface area contributed by atoms with Crippen LogP contribution in [0.1, 0.15) is 57.5 Å². The third kappa shape index (κ3) is 4.54. The van der Waals surface area contributed by atoms with E-state index in [2.05, 4.69) is 10.3 Å². The Hall–Kier alpha value is -3.27. The van der Waals surface area contributed by atoms with Crippen molar-refractivity contribution in [3.63, 3.8) is 0 Å². The Morgan fingerprint density at radius 3 is 2.49 bits per heavy atom. The molecule has 1 aromatic heterocycles. The van der Waals surface area contributed by atoms with Gasteiger partial charge in [-0.3, -0.25) is 14.5 Å². The van der Waals surface area contributed by atoms with Gasteiger partial charge in [0.15, 0.2) is 0 Å². The van der Waals surface area contributed by atoms with Crippen LogP contribution in [-0.4, -0.2) is 70.9 Å². The Bertz CT molecular complexity index is 1140. The monoisotopic (exact) mass is 498 g/mol. The number of aryl methyl sites for hydroxylation is 1. The molecule has 3 heterocycles. The molecule has 1 N–H and O–H groups in total. The van der Waals surface area contributed by atoms with Crippen molar-refractivity contribution < 1.29 is 23.9 Å². The minimum absolute atomic E-state index is 0.0843. The van der Waals surface area contributed by atoms with Crippen LogP contribution in [0.4, 0.5) is 4.79 Å². The molecule has 0 radical (unpaired) electrons. The first-order valence-electron chi connectivity index (χ1n) is 11.8. The fourth-order valence-corrected chi connectivity index (χ4v) is 5.91. The van der Waals surface area contributed by atoms with Crippen molar-refractivity contribution >= 4 is 35.2 Å². The first kappa shape index (κ1) is 24.8. The maximum absolute atomic E-state index is 13.5. The van der Waals surface area contributed by atoms with Crippen molar-refractivity contribution in [2.75, 3.05) is 26.7 Å². The van der Waals surface area contributed by atoms with E-state index < -0.39 is 11.5 Å². The van der Waals surface area contributed by atoms with Gasteiger partial charge in [0.1, 0.15) is 5.54 Å². The number of thiazole rings is 1. The second-order valence-corrected chi connectivity index (χ2v) is 9.87. The number of imide groups is 1. The summed E-state index contributed by atoms with van der Waals surface area (Å²) in [7, 11) is 1.29. The Labute approximate surface area is 208 Å². The number of nitrogens with one attached hydrogen (secondary N) is 1. The van der Waals surface area contributed by atoms with Gasteiger partial charge in [0.25, 0.3) is 11.8 Å². The third-order valence-electron chi connectivity index (χ3n) is 7.21. The standard InChI is InChI=1S/C25H30N4O5S/c1-4-25(23(32)29(24(33)27-25)14-11-20-16(2)26-15-35-20)17-9-12-28(13-10-17)21(30)18-7-5-6-8-19(18)22(31)34-3/h5-8,15,17H,4,9-14H2,1-3H3,(H,27,33)/t25-/m0/s1. The zero-order valence-electron chi connectivity index (χ0n) is 20.2. The van der Waals surface area contributed by atoms with Crippen LogP contribution in [0, 0.1) is 12.8 Å². The van der Waals surface area contributed by atoms with Gasteiger partial charge in [0.05, 0.1) is 29.4 Å². The number of carbonyl (C=O) groups excluding carboxylic acids is 4. The fraction of sp³-hybridized carbons (Fsp3) is 0.480. The Morgan fingerprint density at radius 2 is 1.89 bits per heavy atom. The van der Waals surface area contributed by atoms with Gasteiger partial charge in [-0.2, -0.15) is 0 Å². The number of piperidine rings is 1. The van der Waals surface area contributed by atoms with E-state index in [0.717, 1.165) is 10.6 Å². The van der Waals surface area contributed by atoms with Gasteiger partial charge in [-0.05, 0) is 44.2 Å². The van der Waals surface area contributed by atoms with E-state index in [9.17, 15) is 19.2 Å². The average Bonchev–Trinajstić information content (AvgIpc) is 3.41. The highest BCUT2D eigenvalue weighted by molar-refractivity contribution is 7.09. The van der Waals surface area contributed by atoms with Crippen molar-refractivity contribution in [2.45, 2.75) is 45.1 Å². The molecule has 2 saturated heterocycles. The van der Waals surface area contributed by atoms with Crippen molar-refractivity contribution in [2.24, 2.45) is 5.92 Å². The van der Waals surface area contributed by atoms with E-state index in [4.69, 9.17) is 4.74 Å². The third-order valence-corrected chi connectivity index (χ3v) is 8.20. The number of nitrogens with zero attached hydrogens (tertiary/aromatic N) is 3. The molecular formula is C25H30N4O5S. The van der Waals surface area contributed by atoms with Gasteiger partial charge in [0.2, 0.25) is 0 Å². The predicted octanol–water partition coefficient (Wildman–Crippen LogP) is 3.03. The summed E-state index contributed by atoms with van der Waals surface area (Å²) >= 11 is 1.53. The number of esters is 1. The highest BCUT2D eigenvalue weighted by atomic mass is 32.1. The van der Waals surface area contributed by atoms with Gasteiger partial charge in [-0.1, -0.05) is 19.1 Å². The summed E-state index contributed by atoms with van der Waals surface area (Å²) in [6.45, 7) is 5.02. The minimum atomic E-state index is -0.959. The number of urea groups is 1. The lowest BCUT2D eigenvalue weighted by Crippen LogP contribution is -2.56. The lowest BCUT2D eigenvalue weighted by Gasteiger charge is -2.40. The normalized spacial score (nSPS) is 20.8. The van der Waals surface area contributed by atoms with E-state index in [1.165, 1.54) is 23.3 Å². The van der Waals surface area contributed by atoms with Gasteiger partial charge < -0.3 is 15.0 Å². The second kappa shape index (κ2) is 10.2. The summed E-state index contributed by atoms with van der Waals surface area (Å²) in [4.78, 5) is 59.9. The number of rotatable bonds is 7. The van der Waals surface area contributed by atoms with Gasteiger partial charge in [-0.15, -0.1) is 11.3 Å². The number of benzene rings is 1. The van der Waals surface area contributed by atoms with Crippen molar-refractivity contribution in [3.05, 3.63) is 51.5 Å². The molecule has 0 spiro atoms. The molecule has 9 nitrogen and oxygen atoms in total. The SMILES string of the molecule is CC[C@@]1(C2CCN(C(=O)c3ccccc3C(=O)OC)CC2)NC(=O)N(CCc2scnc2C)C1=O. The van der Waals surface area contributed by atoms with Crippen LogP contribution in [0.3, 0.4) is 0 Å². The number of amides is 4.